The minimum Gasteiger partial charge on any atom is -0.250 e. The van der Waals surface area contributed by atoms with Crippen molar-refractivity contribution in [1.82, 2.24) is 15.0 Å². The minimum absolute atomic E-state index is 0.725. The van der Waals surface area contributed by atoms with Gasteiger partial charge in [-0.3, -0.25) is 0 Å². The largest absolute Gasteiger partial charge is 0.250 e. The van der Waals surface area contributed by atoms with Crippen molar-refractivity contribution in [1.29, 1.82) is 0 Å². The van der Waals surface area contributed by atoms with Gasteiger partial charge < -0.3 is 0 Å². The molecule has 0 unspecified atom stereocenters. The third-order valence-electron chi connectivity index (χ3n) is 3.57. The van der Waals surface area contributed by atoms with Crippen molar-refractivity contribution in [3.05, 3.63) is 53.9 Å². The van der Waals surface area contributed by atoms with Crippen LogP contribution >= 0.6 is 0 Å². The average Bonchev–Trinajstić information content (AvgIpc) is 2.52. The van der Waals surface area contributed by atoms with E-state index < -0.39 is 0 Å². The highest BCUT2D eigenvalue weighted by Gasteiger charge is 2.09. The molecule has 0 fully saturated rings. The first-order valence-electron chi connectivity index (χ1n) is 7.47. The van der Waals surface area contributed by atoms with Crippen LogP contribution in [0.3, 0.4) is 0 Å². The number of aromatic nitrogens is 3. The lowest BCUT2D eigenvalue weighted by atomic mass is 10.1. The van der Waals surface area contributed by atoms with Gasteiger partial charge in [-0.1, -0.05) is 37.6 Å². The van der Waals surface area contributed by atoms with Crippen LogP contribution in [0.15, 0.2) is 42.5 Å². The Bertz CT molecular complexity index is 765. The van der Waals surface area contributed by atoms with Gasteiger partial charge >= 0.3 is 0 Å². The fourth-order valence-corrected chi connectivity index (χ4v) is 2.46. The molecule has 3 rings (SSSR count). The normalized spacial score (nSPS) is 11.0. The quantitative estimate of drug-likeness (QED) is 0.712. The molecular formula is C18H19N3. The van der Waals surface area contributed by atoms with Crippen LogP contribution in [0.4, 0.5) is 0 Å². The summed E-state index contributed by atoms with van der Waals surface area (Å²) in [6.45, 7) is 4.19. The van der Waals surface area contributed by atoms with E-state index in [1.165, 1.54) is 0 Å². The number of fused-ring (bicyclic) bond motifs is 1. The second-order valence-corrected chi connectivity index (χ2v) is 5.28. The number of nitrogens with zero attached hydrogens (tertiary/aromatic N) is 3. The van der Waals surface area contributed by atoms with Crippen molar-refractivity contribution in [2.75, 3.05) is 0 Å². The molecule has 2 heterocycles. The molecule has 3 heteroatoms. The van der Waals surface area contributed by atoms with Gasteiger partial charge in [0.05, 0.1) is 11.2 Å². The molecule has 2 aromatic heterocycles. The Morgan fingerprint density at radius 1 is 0.905 bits per heavy atom. The van der Waals surface area contributed by atoms with Gasteiger partial charge in [0.25, 0.3) is 0 Å². The highest BCUT2D eigenvalue weighted by atomic mass is 14.9. The molecule has 0 amide bonds. The first-order chi connectivity index (χ1) is 10.3. The smallest absolute Gasteiger partial charge is 0.178 e. The van der Waals surface area contributed by atoms with Crippen molar-refractivity contribution in [2.45, 2.75) is 33.1 Å². The van der Waals surface area contributed by atoms with Crippen molar-refractivity contribution in [2.24, 2.45) is 0 Å². The van der Waals surface area contributed by atoms with Crippen LogP contribution in [0.1, 0.15) is 31.2 Å². The molecule has 21 heavy (non-hydrogen) atoms. The van der Waals surface area contributed by atoms with Gasteiger partial charge in [0.2, 0.25) is 0 Å². The molecule has 0 bridgehead atoms. The van der Waals surface area contributed by atoms with Crippen molar-refractivity contribution < 1.29 is 0 Å². The van der Waals surface area contributed by atoms with E-state index in [0.29, 0.717) is 0 Å². The van der Waals surface area contributed by atoms with E-state index in [1.807, 2.05) is 43.3 Å². The Morgan fingerprint density at radius 2 is 1.76 bits per heavy atom. The Balaban J connectivity index is 2.15. The summed E-state index contributed by atoms with van der Waals surface area (Å²) in [7, 11) is 0. The predicted octanol–water partition coefficient (Wildman–Crippen LogP) is 4.34. The Hall–Kier alpha value is -2.29. The van der Waals surface area contributed by atoms with Crippen LogP contribution < -0.4 is 0 Å². The van der Waals surface area contributed by atoms with E-state index in [9.17, 15) is 0 Å². The zero-order valence-corrected chi connectivity index (χ0v) is 12.5. The Morgan fingerprint density at radius 3 is 2.57 bits per heavy atom. The lowest BCUT2D eigenvalue weighted by Gasteiger charge is -2.08. The summed E-state index contributed by atoms with van der Waals surface area (Å²) >= 11 is 0. The summed E-state index contributed by atoms with van der Waals surface area (Å²) in [6.07, 6.45) is 3.29. The SMILES string of the molecule is CCCCc1nc(-c2cccc(C)n2)nc2ccccc12. The maximum atomic E-state index is 4.78. The third-order valence-corrected chi connectivity index (χ3v) is 3.57. The summed E-state index contributed by atoms with van der Waals surface area (Å²) in [6, 6.07) is 14.2. The average molecular weight is 277 g/mol. The molecule has 0 aliphatic rings. The van der Waals surface area contributed by atoms with E-state index in [2.05, 4.69) is 23.0 Å². The number of aryl methyl sites for hydroxylation is 2. The first-order valence-corrected chi connectivity index (χ1v) is 7.47. The van der Waals surface area contributed by atoms with Gasteiger partial charge in [0.1, 0.15) is 5.69 Å². The van der Waals surface area contributed by atoms with E-state index in [-0.39, 0.29) is 0 Å². The maximum absolute atomic E-state index is 4.78. The van der Waals surface area contributed by atoms with Crippen LogP contribution in [0.25, 0.3) is 22.4 Å². The second-order valence-electron chi connectivity index (χ2n) is 5.28. The number of hydrogen-bond acceptors (Lipinski definition) is 3. The summed E-state index contributed by atoms with van der Waals surface area (Å²) in [5, 5.41) is 1.15. The zero-order valence-electron chi connectivity index (χ0n) is 12.5. The van der Waals surface area contributed by atoms with E-state index in [0.717, 1.165) is 53.1 Å². The number of benzene rings is 1. The second kappa shape index (κ2) is 6.00. The topological polar surface area (TPSA) is 38.7 Å². The van der Waals surface area contributed by atoms with Gasteiger partial charge in [-0.15, -0.1) is 0 Å². The Labute approximate surface area is 125 Å². The van der Waals surface area contributed by atoms with Crippen LogP contribution in [0.2, 0.25) is 0 Å². The van der Waals surface area contributed by atoms with Crippen LogP contribution in [0, 0.1) is 6.92 Å². The summed E-state index contributed by atoms with van der Waals surface area (Å²) < 4.78 is 0. The lowest BCUT2D eigenvalue weighted by molar-refractivity contribution is 0.780. The highest BCUT2D eigenvalue weighted by molar-refractivity contribution is 5.82. The molecule has 3 aromatic rings. The van der Waals surface area contributed by atoms with Gasteiger partial charge in [0, 0.05) is 11.1 Å². The highest BCUT2D eigenvalue weighted by Crippen LogP contribution is 2.22. The van der Waals surface area contributed by atoms with Crippen molar-refractivity contribution in [3.63, 3.8) is 0 Å². The fraction of sp³-hybridized carbons (Fsp3) is 0.278. The van der Waals surface area contributed by atoms with E-state index in [1.54, 1.807) is 0 Å². The summed E-state index contributed by atoms with van der Waals surface area (Å²) in [5.41, 5.74) is 3.95. The molecule has 0 saturated heterocycles. The molecule has 0 aliphatic heterocycles. The molecule has 0 saturated carbocycles. The molecule has 0 radical (unpaired) electrons. The van der Waals surface area contributed by atoms with Crippen LogP contribution in [0.5, 0.6) is 0 Å². The summed E-state index contributed by atoms with van der Waals surface area (Å²) in [5.74, 6) is 0.725. The molecule has 1 aromatic carbocycles. The number of hydrogen-bond donors (Lipinski definition) is 0. The van der Waals surface area contributed by atoms with Gasteiger partial charge in [-0.25, -0.2) is 15.0 Å². The van der Waals surface area contributed by atoms with Gasteiger partial charge in [-0.05, 0) is 38.0 Å². The standard InChI is InChI=1S/C18H19N3/c1-3-4-10-15-14-9-5-6-11-16(14)21-18(20-15)17-12-7-8-13(2)19-17/h5-9,11-12H,3-4,10H2,1-2H3. The zero-order chi connectivity index (χ0) is 14.7. The molecule has 0 N–H and O–H groups in total. The van der Waals surface area contributed by atoms with Crippen LogP contribution in [-0.2, 0) is 6.42 Å². The van der Waals surface area contributed by atoms with Crippen molar-refractivity contribution >= 4 is 10.9 Å². The molecule has 3 nitrogen and oxygen atoms in total. The molecule has 0 aliphatic carbocycles. The number of rotatable bonds is 4. The molecule has 0 spiro atoms. The van der Waals surface area contributed by atoms with E-state index in [4.69, 9.17) is 4.98 Å². The van der Waals surface area contributed by atoms with Crippen LogP contribution in [-0.4, -0.2) is 15.0 Å². The first kappa shape index (κ1) is 13.7. The lowest BCUT2D eigenvalue weighted by Crippen LogP contribution is -2.00. The molecule has 0 atom stereocenters. The number of para-hydroxylation sites is 1. The Kier molecular flexibility index (Phi) is 3.91. The van der Waals surface area contributed by atoms with E-state index >= 15 is 0 Å². The summed E-state index contributed by atoms with van der Waals surface area (Å²) in [4.78, 5) is 14.0. The van der Waals surface area contributed by atoms with Crippen molar-refractivity contribution in [3.8, 4) is 11.5 Å². The molecular weight excluding hydrogens is 258 g/mol. The van der Waals surface area contributed by atoms with Gasteiger partial charge in [0.15, 0.2) is 5.82 Å². The molecule has 106 valence electrons. The minimum atomic E-state index is 0.725. The number of pyridine rings is 1. The fourth-order valence-electron chi connectivity index (χ4n) is 2.46. The third kappa shape index (κ3) is 2.92. The predicted molar refractivity (Wildman–Crippen MR) is 86.1 cm³/mol. The van der Waals surface area contributed by atoms with Gasteiger partial charge in [-0.2, -0.15) is 0 Å². The maximum Gasteiger partial charge on any atom is 0.178 e. The monoisotopic (exact) mass is 277 g/mol. The number of unbranched alkanes of at least 4 members (excludes halogenated alkanes) is 1.